The average molecular weight is 446 g/mol. The molecule has 3 rings (SSSR count). The largest absolute Gasteiger partial charge is 1.00 e. The Kier molecular flexibility index (Phi) is 9.98. The van der Waals surface area contributed by atoms with E-state index in [1.165, 1.54) is 6.07 Å². The van der Waals surface area contributed by atoms with Crippen molar-refractivity contribution in [2.45, 2.75) is 41.5 Å². The van der Waals surface area contributed by atoms with Gasteiger partial charge in [-0.25, -0.2) is 0 Å². The van der Waals surface area contributed by atoms with Crippen LogP contribution in [-0.4, -0.2) is 11.8 Å². The van der Waals surface area contributed by atoms with Gasteiger partial charge >= 0.3 is 59.1 Å². The summed E-state index contributed by atoms with van der Waals surface area (Å²) in [6.45, 7) is 10.8. The van der Waals surface area contributed by atoms with E-state index in [0.29, 0.717) is 33.4 Å². The average Bonchev–Trinajstić information content (AvgIpc) is 2.72. The first kappa shape index (κ1) is 28.6. The monoisotopic (exact) mass is 446 g/mol. The van der Waals surface area contributed by atoms with E-state index in [1.807, 2.05) is 13.8 Å². The third-order valence-corrected chi connectivity index (χ3v) is 6.01. The molecule has 0 saturated heterocycles. The van der Waals surface area contributed by atoms with Gasteiger partial charge in [0.05, 0.1) is 5.97 Å². The van der Waals surface area contributed by atoms with Crippen LogP contribution in [0.25, 0.3) is 5.57 Å². The quantitative estimate of drug-likeness (QED) is 0.498. The summed E-state index contributed by atoms with van der Waals surface area (Å²) in [4.78, 5) is 24.4. The smallest absolute Gasteiger partial charge is 0.872 e. The number of rotatable bonds is 3. The fourth-order valence-corrected chi connectivity index (χ4v) is 3.95. The molecule has 2 aromatic carbocycles. The van der Waals surface area contributed by atoms with Crippen molar-refractivity contribution in [2.75, 3.05) is 0 Å². The van der Waals surface area contributed by atoms with Crippen LogP contribution in [0.5, 0.6) is 5.75 Å². The summed E-state index contributed by atoms with van der Waals surface area (Å²) in [5.41, 5.74) is 6.79. The van der Waals surface area contributed by atoms with Gasteiger partial charge in [-0.1, -0.05) is 41.5 Å². The predicted octanol–water partition coefficient (Wildman–Crippen LogP) is -2.28. The molecule has 0 bridgehead atoms. The van der Waals surface area contributed by atoms with Crippen LogP contribution >= 0.6 is 0 Å². The second kappa shape index (κ2) is 11.1. The van der Waals surface area contributed by atoms with Gasteiger partial charge in [-0.15, -0.1) is 5.75 Å². The van der Waals surface area contributed by atoms with E-state index in [9.17, 15) is 19.8 Å². The van der Waals surface area contributed by atoms with Gasteiger partial charge in [-0.05, 0) is 86.6 Å². The van der Waals surface area contributed by atoms with Crippen molar-refractivity contribution in [3.63, 3.8) is 0 Å². The van der Waals surface area contributed by atoms with Crippen LogP contribution in [0, 0.1) is 20.8 Å². The maximum atomic E-state index is 12.5. The molecule has 154 valence electrons. The molecule has 0 amide bonds. The molecule has 0 atom stereocenters. The molecule has 0 saturated carbocycles. The number of Topliss-reactive ketones (excluding diaryl/α,β-unsaturated/α-hetero) is 1. The maximum Gasteiger partial charge on any atom is 1.00 e. The van der Waals surface area contributed by atoms with E-state index >= 15 is 0 Å². The molecule has 0 aromatic heterocycles. The number of allylic oxidation sites excluding steroid dienone is 5. The summed E-state index contributed by atoms with van der Waals surface area (Å²) in [6.07, 6.45) is 1.81. The van der Waals surface area contributed by atoms with Crippen LogP contribution in [0.1, 0.15) is 58.9 Å². The topological polar surface area (TPSA) is 80.3 Å². The van der Waals surface area contributed by atoms with E-state index in [1.54, 1.807) is 58.0 Å². The van der Waals surface area contributed by atoms with Crippen LogP contribution in [0.15, 0.2) is 58.7 Å². The Balaban J connectivity index is 0.00000256. The molecular weight excluding hydrogens is 422 g/mol. The van der Waals surface area contributed by atoms with E-state index in [0.717, 1.165) is 22.3 Å². The van der Waals surface area contributed by atoms with E-state index in [-0.39, 0.29) is 76.2 Å². The van der Waals surface area contributed by atoms with Gasteiger partial charge in [-0.2, -0.15) is 0 Å². The SMILES string of the molecule is CC1=C/C(=C(/c2ccccc2C(=O)[O-])c2cc(C)c([O-])c(C)c2C)C(C)=C(C)C1=O.[Na+].[Na+]. The molecule has 0 aliphatic heterocycles. The summed E-state index contributed by atoms with van der Waals surface area (Å²) in [7, 11) is 0. The van der Waals surface area contributed by atoms with Crippen LogP contribution in [0.4, 0.5) is 0 Å². The molecule has 0 radical (unpaired) electrons. The van der Waals surface area contributed by atoms with E-state index in [4.69, 9.17) is 0 Å². The fraction of sp³-hybridized carbons (Fsp3) is 0.231. The molecular formula is C26H24Na2O4. The molecule has 32 heavy (non-hydrogen) atoms. The minimum atomic E-state index is -1.28. The van der Waals surface area contributed by atoms with E-state index < -0.39 is 5.97 Å². The third kappa shape index (κ3) is 5.06. The number of carbonyl (C=O) groups is 2. The first-order valence-corrected chi connectivity index (χ1v) is 9.80. The summed E-state index contributed by atoms with van der Waals surface area (Å²) in [5.74, 6) is -1.33. The molecule has 0 heterocycles. The number of aryl methyl sites for hydroxylation is 1. The van der Waals surface area contributed by atoms with Gasteiger partial charge in [0, 0.05) is 11.1 Å². The zero-order valence-electron chi connectivity index (χ0n) is 20.1. The first-order valence-electron chi connectivity index (χ1n) is 9.80. The molecule has 0 N–H and O–H groups in total. The first-order chi connectivity index (χ1) is 14.1. The van der Waals surface area contributed by atoms with Crippen molar-refractivity contribution in [3.8, 4) is 5.75 Å². The number of carbonyl (C=O) groups excluding carboxylic acids is 2. The van der Waals surface area contributed by atoms with Crippen molar-refractivity contribution in [1.29, 1.82) is 0 Å². The summed E-state index contributed by atoms with van der Waals surface area (Å²) >= 11 is 0. The van der Waals surface area contributed by atoms with E-state index in [2.05, 4.69) is 0 Å². The number of carboxylic acid groups (broad SMARTS) is 1. The number of hydrogen-bond donors (Lipinski definition) is 0. The predicted molar refractivity (Wildman–Crippen MR) is 114 cm³/mol. The van der Waals surface area contributed by atoms with Crippen molar-refractivity contribution in [3.05, 3.63) is 92.1 Å². The van der Waals surface area contributed by atoms with Gasteiger partial charge in [0.15, 0.2) is 5.78 Å². The normalized spacial score (nSPS) is 14.9. The number of aromatic carboxylic acids is 1. The van der Waals surface area contributed by atoms with Crippen LogP contribution in [0.2, 0.25) is 0 Å². The molecule has 1 aliphatic carbocycles. The Morgan fingerprint density at radius 2 is 1.38 bits per heavy atom. The van der Waals surface area contributed by atoms with Crippen molar-refractivity contribution >= 4 is 17.3 Å². The zero-order valence-corrected chi connectivity index (χ0v) is 24.1. The molecule has 4 nitrogen and oxygen atoms in total. The van der Waals surface area contributed by atoms with Crippen LogP contribution in [-0.2, 0) is 4.79 Å². The Morgan fingerprint density at radius 3 is 1.94 bits per heavy atom. The minimum absolute atomic E-state index is 0. The van der Waals surface area contributed by atoms with Gasteiger partial charge < -0.3 is 15.0 Å². The molecule has 0 spiro atoms. The van der Waals surface area contributed by atoms with Gasteiger partial charge in [0.1, 0.15) is 0 Å². The number of hydrogen-bond acceptors (Lipinski definition) is 4. The molecule has 0 unspecified atom stereocenters. The zero-order chi connectivity index (χ0) is 22.3. The number of carboxylic acids is 1. The second-order valence-corrected chi connectivity index (χ2v) is 7.85. The maximum absolute atomic E-state index is 12.5. The Labute approximate surface area is 233 Å². The molecule has 6 heteroatoms. The summed E-state index contributed by atoms with van der Waals surface area (Å²) in [6, 6.07) is 8.49. The third-order valence-electron chi connectivity index (χ3n) is 6.01. The number of ketones is 1. The molecule has 1 aliphatic rings. The Hall–Kier alpha value is -1.40. The molecule has 2 aromatic rings. The van der Waals surface area contributed by atoms with Crippen LogP contribution in [0.3, 0.4) is 0 Å². The Morgan fingerprint density at radius 1 is 0.812 bits per heavy atom. The number of benzene rings is 2. The van der Waals surface area contributed by atoms with Gasteiger partial charge in [0.25, 0.3) is 0 Å². The van der Waals surface area contributed by atoms with Crippen LogP contribution < -0.4 is 69.3 Å². The van der Waals surface area contributed by atoms with Crippen molar-refractivity contribution < 1.29 is 78.9 Å². The Bertz CT molecular complexity index is 1200. The fourth-order valence-electron chi connectivity index (χ4n) is 3.95. The van der Waals surface area contributed by atoms with Gasteiger partial charge in [-0.3, -0.25) is 4.79 Å². The molecule has 0 fully saturated rings. The van der Waals surface area contributed by atoms with Gasteiger partial charge in [0.2, 0.25) is 0 Å². The van der Waals surface area contributed by atoms with Crippen molar-refractivity contribution in [1.82, 2.24) is 0 Å². The minimum Gasteiger partial charge on any atom is -0.872 e. The summed E-state index contributed by atoms with van der Waals surface area (Å²) in [5, 5.41) is 24.4. The summed E-state index contributed by atoms with van der Waals surface area (Å²) < 4.78 is 0. The second-order valence-electron chi connectivity index (χ2n) is 7.85. The standard InChI is InChI=1S/C26H26O4.2Na/c1-13-11-21(15(3)17(5)24(13)27)23(19-9-7-8-10-20(19)26(29)30)22-12-14(2)25(28)18(6)16(22)4;;/h7-12,27H,1-6H3,(H,29,30);;/q;2*+1/p-2/b23-22+;;. The van der Waals surface area contributed by atoms with Crippen molar-refractivity contribution in [2.24, 2.45) is 0 Å².